The lowest BCUT2D eigenvalue weighted by molar-refractivity contribution is -0.384. The van der Waals surface area contributed by atoms with Crippen LogP contribution in [0.4, 0.5) is 10.1 Å². The lowest BCUT2D eigenvalue weighted by Crippen LogP contribution is -2.03. The number of nitro groups is 1. The summed E-state index contributed by atoms with van der Waals surface area (Å²) in [6.45, 7) is 3.12. The van der Waals surface area contributed by atoms with Crippen molar-refractivity contribution in [2.24, 2.45) is 0 Å². The van der Waals surface area contributed by atoms with Gasteiger partial charge in [0.2, 0.25) is 0 Å². The standard InChI is InChI=1S/C12H15FNO2/c1-3-4-10-5-6-11(14(15)16)7-12(10)9(2)8-13/h5-7H,3-4,8H2,1-2H3. The van der Waals surface area contributed by atoms with E-state index < -0.39 is 11.6 Å². The third-order valence-corrected chi connectivity index (χ3v) is 2.48. The average Bonchev–Trinajstić information content (AvgIpc) is 2.28. The maximum absolute atomic E-state index is 12.6. The first-order valence-electron chi connectivity index (χ1n) is 5.26. The summed E-state index contributed by atoms with van der Waals surface area (Å²) in [6.07, 6.45) is 1.75. The van der Waals surface area contributed by atoms with Gasteiger partial charge in [-0.25, -0.2) is 0 Å². The maximum Gasteiger partial charge on any atom is 0.269 e. The van der Waals surface area contributed by atoms with E-state index in [4.69, 9.17) is 0 Å². The van der Waals surface area contributed by atoms with Crippen molar-refractivity contribution >= 4 is 5.69 Å². The van der Waals surface area contributed by atoms with Crippen molar-refractivity contribution in [2.45, 2.75) is 26.7 Å². The van der Waals surface area contributed by atoms with Crippen molar-refractivity contribution in [3.05, 3.63) is 45.4 Å². The minimum atomic E-state index is -0.572. The van der Waals surface area contributed by atoms with Crippen LogP contribution in [0.3, 0.4) is 0 Å². The summed E-state index contributed by atoms with van der Waals surface area (Å²) in [5.74, 6) is 0.548. The van der Waals surface area contributed by atoms with Gasteiger partial charge < -0.3 is 0 Å². The van der Waals surface area contributed by atoms with Gasteiger partial charge in [0.1, 0.15) is 0 Å². The predicted molar refractivity (Wildman–Crippen MR) is 61.1 cm³/mol. The zero-order chi connectivity index (χ0) is 12.1. The molecule has 1 aromatic rings. The number of halogens is 1. The molecular formula is C12H15FNO2. The number of benzene rings is 1. The molecule has 16 heavy (non-hydrogen) atoms. The van der Waals surface area contributed by atoms with Crippen LogP contribution >= 0.6 is 0 Å². The van der Waals surface area contributed by atoms with Gasteiger partial charge in [0.15, 0.2) is 0 Å². The molecule has 0 saturated heterocycles. The van der Waals surface area contributed by atoms with Crippen molar-refractivity contribution < 1.29 is 9.31 Å². The molecule has 0 aliphatic carbocycles. The molecule has 1 aromatic carbocycles. The Morgan fingerprint density at radius 1 is 1.50 bits per heavy atom. The van der Waals surface area contributed by atoms with Crippen LogP contribution in [-0.2, 0) is 6.42 Å². The molecule has 1 rings (SSSR count). The van der Waals surface area contributed by atoms with Gasteiger partial charge in [-0.15, -0.1) is 0 Å². The van der Waals surface area contributed by atoms with Crippen LogP contribution in [0.5, 0.6) is 0 Å². The molecule has 3 nitrogen and oxygen atoms in total. The summed E-state index contributed by atoms with van der Waals surface area (Å²) in [4.78, 5) is 10.2. The highest BCUT2D eigenvalue weighted by molar-refractivity contribution is 5.46. The molecule has 0 bridgehead atoms. The van der Waals surface area contributed by atoms with E-state index in [0.29, 0.717) is 11.5 Å². The van der Waals surface area contributed by atoms with E-state index in [-0.39, 0.29) is 5.69 Å². The number of rotatable bonds is 5. The quantitative estimate of drug-likeness (QED) is 0.567. The van der Waals surface area contributed by atoms with E-state index in [1.807, 2.05) is 6.92 Å². The van der Waals surface area contributed by atoms with Gasteiger partial charge in [-0.1, -0.05) is 26.3 Å². The summed E-state index contributed by atoms with van der Waals surface area (Å²) in [7, 11) is 0. The normalized spacial score (nSPS) is 10.8. The number of nitrogens with zero attached hydrogens (tertiary/aromatic N) is 1. The first-order valence-corrected chi connectivity index (χ1v) is 5.26. The summed E-state index contributed by atoms with van der Waals surface area (Å²) < 4.78 is 12.6. The van der Waals surface area contributed by atoms with Gasteiger partial charge in [-0.3, -0.25) is 14.5 Å². The Morgan fingerprint density at radius 3 is 2.69 bits per heavy atom. The molecule has 1 radical (unpaired) electrons. The maximum atomic E-state index is 12.6. The zero-order valence-electron chi connectivity index (χ0n) is 9.50. The summed E-state index contributed by atoms with van der Waals surface area (Å²) >= 11 is 0. The van der Waals surface area contributed by atoms with E-state index >= 15 is 0 Å². The fraction of sp³-hybridized carbons (Fsp3) is 0.417. The van der Waals surface area contributed by atoms with Gasteiger partial charge in [-0.2, -0.15) is 0 Å². The summed E-state index contributed by atoms with van der Waals surface area (Å²) in [5, 5.41) is 10.6. The molecule has 0 saturated carbocycles. The van der Waals surface area contributed by atoms with Crippen molar-refractivity contribution in [2.75, 3.05) is 6.67 Å². The Morgan fingerprint density at radius 2 is 2.19 bits per heavy atom. The lowest BCUT2D eigenvalue weighted by Gasteiger charge is -2.12. The molecular weight excluding hydrogens is 209 g/mol. The number of hydrogen-bond acceptors (Lipinski definition) is 2. The SMILES string of the molecule is CCCc1ccc([N+](=O)[O-])cc1[C](C)CF. The molecule has 0 spiro atoms. The van der Waals surface area contributed by atoms with Crippen molar-refractivity contribution in [1.29, 1.82) is 0 Å². The summed E-state index contributed by atoms with van der Waals surface area (Å²) in [5.41, 5.74) is 1.67. The second-order valence-corrected chi connectivity index (χ2v) is 3.76. The largest absolute Gasteiger partial charge is 0.269 e. The fourth-order valence-electron chi connectivity index (χ4n) is 1.63. The molecule has 0 aliphatic rings. The molecule has 0 amide bonds. The first kappa shape index (κ1) is 12.6. The molecule has 0 fully saturated rings. The van der Waals surface area contributed by atoms with Gasteiger partial charge in [0.25, 0.3) is 5.69 Å². The molecule has 87 valence electrons. The van der Waals surface area contributed by atoms with Crippen LogP contribution in [0.1, 0.15) is 31.4 Å². The number of hydrogen-bond donors (Lipinski definition) is 0. The van der Waals surface area contributed by atoms with Crippen molar-refractivity contribution in [3.8, 4) is 0 Å². The van der Waals surface area contributed by atoms with E-state index in [1.54, 1.807) is 13.0 Å². The van der Waals surface area contributed by atoms with Crippen molar-refractivity contribution in [1.82, 2.24) is 0 Å². The van der Waals surface area contributed by atoms with Gasteiger partial charge in [-0.05, 0) is 17.5 Å². The number of non-ortho nitro benzene ring substituents is 1. The van der Waals surface area contributed by atoms with E-state index in [2.05, 4.69) is 0 Å². The Labute approximate surface area is 94.4 Å². The molecule has 0 heterocycles. The van der Waals surface area contributed by atoms with Crippen LogP contribution in [0.25, 0.3) is 0 Å². The Bertz CT molecular complexity index is 379. The monoisotopic (exact) mass is 224 g/mol. The molecule has 0 N–H and O–H groups in total. The highest BCUT2D eigenvalue weighted by Crippen LogP contribution is 2.25. The number of aryl methyl sites for hydroxylation is 1. The Kier molecular flexibility index (Phi) is 4.40. The van der Waals surface area contributed by atoms with E-state index in [9.17, 15) is 14.5 Å². The highest BCUT2D eigenvalue weighted by Gasteiger charge is 2.15. The minimum Gasteiger partial charge on any atom is -0.258 e. The second-order valence-electron chi connectivity index (χ2n) is 3.76. The molecule has 0 aliphatic heterocycles. The Hall–Kier alpha value is -1.45. The Balaban J connectivity index is 3.15. The van der Waals surface area contributed by atoms with Gasteiger partial charge >= 0.3 is 0 Å². The molecule has 4 heteroatoms. The number of alkyl halides is 1. The molecule has 0 unspecified atom stereocenters. The fourth-order valence-corrected chi connectivity index (χ4v) is 1.63. The third kappa shape index (κ3) is 2.78. The zero-order valence-corrected chi connectivity index (χ0v) is 9.50. The van der Waals surface area contributed by atoms with E-state index in [0.717, 1.165) is 18.4 Å². The second kappa shape index (κ2) is 5.58. The minimum absolute atomic E-state index is 0.0163. The van der Waals surface area contributed by atoms with Crippen LogP contribution in [0, 0.1) is 16.0 Å². The predicted octanol–water partition coefficient (Wildman–Crippen LogP) is 3.46. The van der Waals surface area contributed by atoms with E-state index in [1.165, 1.54) is 12.1 Å². The molecule has 0 aromatic heterocycles. The van der Waals surface area contributed by atoms with Crippen LogP contribution in [0.2, 0.25) is 0 Å². The summed E-state index contributed by atoms with van der Waals surface area (Å²) in [6, 6.07) is 4.65. The third-order valence-electron chi connectivity index (χ3n) is 2.48. The lowest BCUT2D eigenvalue weighted by atomic mass is 9.93. The average molecular weight is 224 g/mol. The highest BCUT2D eigenvalue weighted by atomic mass is 19.1. The van der Waals surface area contributed by atoms with Gasteiger partial charge in [0.05, 0.1) is 11.6 Å². The van der Waals surface area contributed by atoms with Crippen LogP contribution in [0.15, 0.2) is 18.2 Å². The number of nitro benzene ring substituents is 1. The molecule has 0 atom stereocenters. The first-order chi connectivity index (χ1) is 7.60. The van der Waals surface area contributed by atoms with Crippen LogP contribution in [-0.4, -0.2) is 11.6 Å². The van der Waals surface area contributed by atoms with Crippen LogP contribution < -0.4 is 0 Å². The topological polar surface area (TPSA) is 43.1 Å². The van der Waals surface area contributed by atoms with Crippen molar-refractivity contribution in [3.63, 3.8) is 0 Å². The smallest absolute Gasteiger partial charge is 0.258 e. The van der Waals surface area contributed by atoms with Gasteiger partial charge in [0, 0.05) is 18.1 Å².